The van der Waals surface area contributed by atoms with Gasteiger partial charge in [-0.2, -0.15) is 0 Å². The Morgan fingerprint density at radius 3 is 1.82 bits per heavy atom. The summed E-state index contributed by atoms with van der Waals surface area (Å²) >= 11 is 0. The number of amides is 2. The molecule has 0 aliphatic rings. The Hall–Kier alpha value is -3.72. The molecule has 2 atom stereocenters. The molecule has 282 valence electrons. The van der Waals surface area contributed by atoms with Crippen molar-refractivity contribution < 1.29 is 34.1 Å². The number of esters is 1. The Morgan fingerprint density at radius 1 is 0.640 bits per heavy atom. The molecular weight excluding hydrogens is 632 g/mol. The molecule has 0 saturated heterocycles. The monoisotopic (exact) mass is 698 g/mol. The highest BCUT2D eigenvalue weighted by Gasteiger charge is 2.18. The van der Waals surface area contributed by atoms with Crippen molar-refractivity contribution in [3.8, 4) is 0 Å². The van der Waals surface area contributed by atoms with Gasteiger partial charge >= 0.3 is 11.9 Å². The molecule has 0 aromatic rings. The van der Waals surface area contributed by atoms with Crippen molar-refractivity contribution >= 4 is 23.8 Å². The molecule has 9 nitrogen and oxygen atoms in total. The van der Waals surface area contributed by atoms with Gasteiger partial charge < -0.3 is 25.6 Å². The van der Waals surface area contributed by atoms with Crippen molar-refractivity contribution in [2.75, 3.05) is 13.2 Å². The summed E-state index contributed by atoms with van der Waals surface area (Å²) in [7, 11) is 0. The largest absolute Gasteiger partial charge is 0.480 e. The second-order valence-electron chi connectivity index (χ2n) is 12.3. The van der Waals surface area contributed by atoms with E-state index in [9.17, 15) is 19.2 Å². The van der Waals surface area contributed by atoms with E-state index in [1.54, 1.807) is 0 Å². The van der Waals surface area contributed by atoms with E-state index in [0.29, 0.717) is 12.8 Å². The number of carbonyl (C=O) groups excluding carboxylic acids is 3. The number of allylic oxidation sites excluding steroid dienone is 11. The van der Waals surface area contributed by atoms with E-state index < -0.39 is 24.5 Å². The molecule has 4 N–H and O–H groups in total. The van der Waals surface area contributed by atoms with Gasteiger partial charge in [-0.15, -0.1) is 0 Å². The van der Waals surface area contributed by atoms with Crippen LogP contribution >= 0.6 is 0 Å². The van der Waals surface area contributed by atoms with Crippen LogP contribution < -0.4 is 10.6 Å². The number of unbranched alkanes of at least 4 members (excludes halogenated alkanes) is 8. The third-order valence-electron chi connectivity index (χ3n) is 7.67. The molecule has 0 fully saturated rings. The van der Waals surface area contributed by atoms with Crippen molar-refractivity contribution in [3.63, 3.8) is 0 Å². The molecule has 2 amide bonds. The van der Waals surface area contributed by atoms with Crippen LogP contribution in [-0.2, 0) is 23.9 Å². The Kier molecular flexibility index (Phi) is 32.5. The number of hydrogen-bond acceptors (Lipinski definition) is 6. The number of aliphatic carboxylic acids is 1. The summed E-state index contributed by atoms with van der Waals surface area (Å²) in [6, 6.07) is -1.40. The maximum atomic E-state index is 12.6. The standard InChI is InChI=1S/C41H66N2O7/c1-3-5-7-9-11-12-13-14-15-16-17-18-19-20-21-23-29-33-40(47)50-36(30-26-22-10-8-6-4-2)31-27-24-25-28-32-38(45)42-34-39(46)43-37(35-44)41(48)49/h5,7,11-12,14-15,17-18,20-21,26,30,36-37,44H,3-4,6,8-10,13,16,19,22-25,27-29,31-35H2,1-2H3,(H,42,45)(H,43,46)(H,48,49)/b7-5-,12-11-,15-14-,18-17-,21-20-,30-26-. The van der Waals surface area contributed by atoms with Gasteiger partial charge in [0, 0.05) is 12.8 Å². The lowest BCUT2D eigenvalue weighted by atomic mass is 10.1. The van der Waals surface area contributed by atoms with Crippen LogP contribution in [0.1, 0.15) is 136 Å². The molecule has 0 radical (unpaired) electrons. The molecule has 0 spiro atoms. The zero-order valence-corrected chi connectivity index (χ0v) is 30.9. The smallest absolute Gasteiger partial charge is 0.328 e. The molecule has 50 heavy (non-hydrogen) atoms. The maximum absolute atomic E-state index is 12.6. The van der Waals surface area contributed by atoms with E-state index in [1.165, 1.54) is 19.3 Å². The fourth-order valence-corrected chi connectivity index (χ4v) is 4.77. The quantitative estimate of drug-likeness (QED) is 0.0314. The molecule has 9 heteroatoms. The van der Waals surface area contributed by atoms with Gasteiger partial charge in [0.05, 0.1) is 13.2 Å². The van der Waals surface area contributed by atoms with Crippen LogP contribution in [-0.4, -0.2) is 59.3 Å². The van der Waals surface area contributed by atoms with E-state index in [2.05, 4.69) is 91.3 Å². The summed E-state index contributed by atoms with van der Waals surface area (Å²) in [4.78, 5) is 47.3. The number of ether oxygens (including phenoxy) is 1. The molecule has 0 rings (SSSR count). The first kappa shape index (κ1) is 46.3. The van der Waals surface area contributed by atoms with E-state index in [4.69, 9.17) is 14.9 Å². The lowest BCUT2D eigenvalue weighted by molar-refractivity contribution is -0.147. The van der Waals surface area contributed by atoms with Gasteiger partial charge in [0.25, 0.3) is 0 Å². The van der Waals surface area contributed by atoms with Crippen LogP contribution in [0.15, 0.2) is 72.9 Å². The van der Waals surface area contributed by atoms with Crippen molar-refractivity contribution in [3.05, 3.63) is 72.9 Å². The molecule has 0 aliphatic heterocycles. The Bertz CT molecular complexity index is 1070. The fourth-order valence-electron chi connectivity index (χ4n) is 4.77. The molecule has 0 saturated carbocycles. The minimum atomic E-state index is -1.40. The lowest BCUT2D eigenvalue weighted by Crippen LogP contribution is -2.47. The predicted octanol–water partition coefficient (Wildman–Crippen LogP) is 8.37. The molecule has 2 unspecified atom stereocenters. The van der Waals surface area contributed by atoms with Gasteiger partial charge in [0.2, 0.25) is 11.8 Å². The number of carboxylic acid groups (broad SMARTS) is 1. The van der Waals surface area contributed by atoms with Crippen molar-refractivity contribution in [2.45, 2.75) is 148 Å². The minimum absolute atomic E-state index is 0.174. The summed E-state index contributed by atoms with van der Waals surface area (Å²) in [5.41, 5.74) is 0. The third-order valence-corrected chi connectivity index (χ3v) is 7.67. The lowest BCUT2D eigenvalue weighted by Gasteiger charge is -2.15. The first-order valence-corrected chi connectivity index (χ1v) is 18.8. The predicted molar refractivity (Wildman–Crippen MR) is 203 cm³/mol. The summed E-state index contributed by atoms with van der Waals surface area (Å²) in [5.74, 6) is -2.48. The van der Waals surface area contributed by atoms with Gasteiger partial charge in [-0.05, 0) is 83.1 Å². The second kappa shape index (κ2) is 35.1. The number of aliphatic hydroxyl groups excluding tert-OH is 1. The van der Waals surface area contributed by atoms with Crippen molar-refractivity contribution in [2.24, 2.45) is 0 Å². The normalized spacial score (nSPS) is 13.3. The minimum Gasteiger partial charge on any atom is -0.480 e. The first-order chi connectivity index (χ1) is 24.3. The second-order valence-corrected chi connectivity index (χ2v) is 12.3. The maximum Gasteiger partial charge on any atom is 0.328 e. The SMILES string of the molecule is CC/C=C\C/C=C\C/C=C\C/C=C\C/C=C\CCCC(=O)OC(/C=C\CCCCCC)CCCCCCC(=O)NCC(=O)NC(CO)C(=O)O. The van der Waals surface area contributed by atoms with Gasteiger partial charge in [0.1, 0.15) is 12.1 Å². The van der Waals surface area contributed by atoms with Crippen molar-refractivity contribution in [1.82, 2.24) is 10.6 Å². The van der Waals surface area contributed by atoms with Crippen LogP contribution in [0.4, 0.5) is 0 Å². The summed E-state index contributed by atoms with van der Waals surface area (Å²) in [6.07, 6.45) is 42.4. The molecule has 0 aliphatic carbocycles. The van der Waals surface area contributed by atoms with Gasteiger partial charge in [-0.1, -0.05) is 113 Å². The van der Waals surface area contributed by atoms with Crippen LogP contribution in [0, 0.1) is 0 Å². The summed E-state index contributed by atoms with van der Waals surface area (Å²) in [5, 5.41) is 22.4. The Morgan fingerprint density at radius 2 is 1.22 bits per heavy atom. The van der Waals surface area contributed by atoms with Gasteiger partial charge in [-0.3, -0.25) is 14.4 Å². The number of hydrogen-bond donors (Lipinski definition) is 4. The zero-order valence-electron chi connectivity index (χ0n) is 30.9. The number of carbonyl (C=O) groups is 4. The average Bonchev–Trinajstić information content (AvgIpc) is 3.10. The zero-order chi connectivity index (χ0) is 36.9. The molecule has 0 heterocycles. The molecular formula is C41H66N2O7. The van der Waals surface area contributed by atoms with E-state index >= 15 is 0 Å². The highest BCUT2D eigenvalue weighted by Crippen LogP contribution is 2.14. The van der Waals surface area contributed by atoms with Crippen LogP contribution in [0.3, 0.4) is 0 Å². The number of nitrogens with one attached hydrogen (secondary N) is 2. The van der Waals surface area contributed by atoms with E-state index in [0.717, 1.165) is 83.5 Å². The van der Waals surface area contributed by atoms with Crippen LogP contribution in [0.2, 0.25) is 0 Å². The highest BCUT2D eigenvalue weighted by atomic mass is 16.5. The van der Waals surface area contributed by atoms with Crippen LogP contribution in [0.5, 0.6) is 0 Å². The van der Waals surface area contributed by atoms with Gasteiger partial charge in [0.15, 0.2) is 0 Å². The molecule has 0 aromatic carbocycles. The molecule has 0 aromatic heterocycles. The fraction of sp³-hybridized carbons (Fsp3) is 0.610. The van der Waals surface area contributed by atoms with Crippen LogP contribution in [0.25, 0.3) is 0 Å². The third kappa shape index (κ3) is 31.5. The number of rotatable bonds is 32. The summed E-state index contributed by atoms with van der Waals surface area (Å²) in [6.45, 7) is 3.26. The number of carboxylic acids is 1. The number of aliphatic hydroxyl groups is 1. The Balaban J connectivity index is 4.33. The Labute approximate surface area is 302 Å². The van der Waals surface area contributed by atoms with Crippen molar-refractivity contribution in [1.29, 1.82) is 0 Å². The first-order valence-electron chi connectivity index (χ1n) is 18.8. The topological polar surface area (TPSA) is 142 Å². The van der Waals surface area contributed by atoms with E-state index in [1.807, 2.05) is 6.08 Å². The summed E-state index contributed by atoms with van der Waals surface area (Å²) < 4.78 is 5.83. The van der Waals surface area contributed by atoms with E-state index in [-0.39, 0.29) is 30.9 Å². The average molecular weight is 699 g/mol. The van der Waals surface area contributed by atoms with Gasteiger partial charge in [-0.25, -0.2) is 4.79 Å². The molecule has 0 bridgehead atoms. The highest BCUT2D eigenvalue weighted by molar-refractivity contribution is 5.87.